The van der Waals surface area contributed by atoms with Gasteiger partial charge in [-0.1, -0.05) is 84.9 Å². The molecule has 1 saturated heterocycles. The van der Waals surface area contributed by atoms with Gasteiger partial charge in [0.05, 0.1) is 11.2 Å². The standard InChI is InChI=1S/C28H31BO2/c1-27(2)28(3,4)31-29(30-27)24-19-22-17-11-12-18-23(22)25(20-13-7-5-8-14-20)26(24)21-15-9-6-10-16-21/h5-18,24-26H,19H2,1-4H3/t24-,25-,26+/m0/s1. The third kappa shape index (κ3) is 3.54. The SMILES string of the molecule is CC1(C)OB([C@H]2Cc3ccccc3[C@H](c3ccccc3)[C@@H]2c2ccccc2)OC1(C)C. The van der Waals surface area contributed by atoms with Crippen molar-refractivity contribution in [1.82, 2.24) is 0 Å². The van der Waals surface area contributed by atoms with Crippen LogP contribution in [0.5, 0.6) is 0 Å². The Hall–Kier alpha value is -2.36. The molecule has 0 saturated carbocycles. The van der Waals surface area contributed by atoms with Gasteiger partial charge in [-0.2, -0.15) is 0 Å². The van der Waals surface area contributed by atoms with Crippen LogP contribution in [0.25, 0.3) is 0 Å². The first-order valence-corrected chi connectivity index (χ1v) is 11.4. The summed E-state index contributed by atoms with van der Waals surface area (Å²) in [5, 5.41) is 0. The lowest BCUT2D eigenvalue weighted by atomic mass is 9.52. The highest BCUT2D eigenvalue weighted by molar-refractivity contribution is 6.48. The minimum Gasteiger partial charge on any atom is -0.403 e. The molecule has 3 aromatic carbocycles. The number of hydrogen-bond acceptors (Lipinski definition) is 2. The molecule has 3 heteroatoms. The maximum Gasteiger partial charge on any atom is 0.462 e. The Morgan fingerprint density at radius 3 is 1.81 bits per heavy atom. The Balaban J connectivity index is 1.67. The molecule has 1 heterocycles. The van der Waals surface area contributed by atoms with E-state index in [0.717, 1.165) is 6.42 Å². The van der Waals surface area contributed by atoms with Gasteiger partial charge in [0.2, 0.25) is 0 Å². The van der Waals surface area contributed by atoms with Gasteiger partial charge < -0.3 is 9.31 Å². The predicted octanol–water partition coefficient (Wildman–Crippen LogP) is 6.62. The second-order valence-electron chi connectivity index (χ2n) is 10.0. The Bertz CT molecular complexity index is 1030. The summed E-state index contributed by atoms with van der Waals surface area (Å²) in [7, 11) is -0.241. The molecule has 0 radical (unpaired) electrons. The molecule has 1 aliphatic carbocycles. The molecule has 1 aliphatic heterocycles. The molecule has 0 unspecified atom stereocenters. The Morgan fingerprint density at radius 2 is 1.19 bits per heavy atom. The lowest BCUT2D eigenvalue weighted by molar-refractivity contribution is 0.00578. The van der Waals surface area contributed by atoms with E-state index in [1.807, 2.05) is 0 Å². The van der Waals surface area contributed by atoms with Crippen molar-refractivity contribution in [3.05, 3.63) is 107 Å². The fourth-order valence-electron chi connectivity index (χ4n) is 5.34. The van der Waals surface area contributed by atoms with Crippen molar-refractivity contribution in [2.45, 2.75) is 63.0 Å². The van der Waals surface area contributed by atoms with Gasteiger partial charge in [0.25, 0.3) is 0 Å². The van der Waals surface area contributed by atoms with E-state index in [-0.39, 0.29) is 36.0 Å². The number of benzene rings is 3. The predicted molar refractivity (Wildman–Crippen MR) is 127 cm³/mol. The van der Waals surface area contributed by atoms with Crippen LogP contribution in [0.3, 0.4) is 0 Å². The minimum atomic E-state index is -0.335. The van der Waals surface area contributed by atoms with Gasteiger partial charge in [0.15, 0.2) is 0 Å². The summed E-state index contributed by atoms with van der Waals surface area (Å²) in [5.41, 5.74) is 4.87. The quantitative estimate of drug-likeness (QED) is 0.452. The molecular formula is C28H31BO2. The summed E-state index contributed by atoms with van der Waals surface area (Å²) >= 11 is 0. The highest BCUT2D eigenvalue weighted by Crippen LogP contribution is 2.55. The van der Waals surface area contributed by atoms with Crippen molar-refractivity contribution in [1.29, 1.82) is 0 Å². The van der Waals surface area contributed by atoms with Crippen LogP contribution in [0.2, 0.25) is 5.82 Å². The van der Waals surface area contributed by atoms with Crippen molar-refractivity contribution < 1.29 is 9.31 Å². The van der Waals surface area contributed by atoms with Crippen LogP contribution < -0.4 is 0 Å². The molecule has 0 spiro atoms. The zero-order chi connectivity index (χ0) is 21.6. The first-order valence-electron chi connectivity index (χ1n) is 11.4. The second-order valence-corrected chi connectivity index (χ2v) is 10.0. The number of rotatable bonds is 3. The molecule has 2 aliphatic rings. The van der Waals surface area contributed by atoms with E-state index in [1.54, 1.807) is 0 Å². The Morgan fingerprint density at radius 1 is 0.677 bits per heavy atom. The molecule has 31 heavy (non-hydrogen) atoms. The van der Waals surface area contributed by atoms with E-state index < -0.39 is 0 Å². The maximum atomic E-state index is 6.63. The summed E-state index contributed by atoms with van der Waals surface area (Å²) in [6, 6.07) is 30.8. The third-order valence-electron chi connectivity index (χ3n) is 7.63. The molecule has 0 N–H and O–H groups in total. The molecule has 0 bridgehead atoms. The van der Waals surface area contributed by atoms with Crippen LogP contribution in [0.15, 0.2) is 84.9 Å². The smallest absolute Gasteiger partial charge is 0.403 e. The number of hydrogen-bond donors (Lipinski definition) is 0. The van der Waals surface area contributed by atoms with Gasteiger partial charge in [-0.05, 0) is 62.3 Å². The zero-order valence-corrected chi connectivity index (χ0v) is 18.9. The summed E-state index contributed by atoms with van der Waals surface area (Å²) < 4.78 is 13.3. The molecule has 2 nitrogen and oxygen atoms in total. The van der Waals surface area contributed by atoms with Crippen molar-refractivity contribution >= 4 is 7.12 Å². The minimum absolute atomic E-state index is 0.226. The van der Waals surface area contributed by atoms with Crippen molar-refractivity contribution in [2.24, 2.45) is 0 Å². The number of fused-ring (bicyclic) bond motifs is 1. The molecule has 0 aromatic heterocycles. The molecular weight excluding hydrogens is 379 g/mol. The zero-order valence-electron chi connectivity index (χ0n) is 18.9. The molecule has 5 rings (SSSR count). The highest BCUT2D eigenvalue weighted by atomic mass is 16.7. The molecule has 3 aromatic rings. The Labute approximate surface area is 186 Å². The van der Waals surface area contributed by atoms with E-state index in [1.165, 1.54) is 22.3 Å². The van der Waals surface area contributed by atoms with E-state index >= 15 is 0 Å². The lowest BCUT2D eigenvalue weighted by Gasteiger charge is -2.41. The monoisotopic (exact) mass is 410 g/mol. The normalized spacial score (nSPS) is 26.5. The first kappa shape index (κ1) is 20.5. The van der Waals surface area contributed by atoms with E-state index in [2.05, 4.69) is 113 Å². The Kier molecular flexibility index (Phi) is 5.07. The average Bonchev–Trinajstić information content (AvgIpc) is 3.00. The molecule has 158 valence electrons. The van der Waals surface area contributed by atoms with Crippen molar-refractivity contribution in [3.63, 3.8) is 0 Å². The van der Waals surface area contributed by atoms with Gasteiger partial charge in [-0.25, -0.2) is 0 Å². The van der Waals surface area contributed by atoms with E-state index in [4.69, 9.17) is 9.31 Å². The summed E-state index contributed by atoms with van der Waals surface area (Å²) in [6.07, 6.45) is 0.954. The molecule has 3 atom stereocenters. The maximum absolute atomic E-state index is 6.63. The largest absolute Gasteiger partial charge is 0.462 e. The van der Waals surface area contributed by atoms with Gasteiger partial charge in [0.1, 0.15) is 0 Å². The van der Waals surface area contributed by atoms with Crippen LogP contribution in [0.1, 0.15) is 61.8 Å². The van der Waals surface area contributed by atoms with Crippen LogP contribution in [-0.2, 0) is 15.7 Å². The summed E-state index contributed by atoms with van der Waals surface area (Å²) in [6.45, 7) is 8.60. The topological polar surface area (TPSA) is 18.5 Å². The summed E-state index contributed by atoms with van der Waals surface area (Å²) in [4.78, 5) is 0. The fourth-order valence-corrected chi connectivity index (χ4v) is 5.34. The van der Waals surface area contributed by atoms with Gasteiger partial charge in [0, 0.05) is 11.7 Å². The lowest BCUT2D eigenvalue weighted by Crippen LogP contribution is -2.41. The average molecular weight is 410 g/mol. The third-order valence-corrected chi connectivity index (χ3v) is 7.63. The molecule has 1 fully saturated rings. The van der Waals surface area contributed by atoms with Crippen molar-refractivity contribution in [3.8, 4) is 0 Å². The van der Waals surface area contributed by atoms with Crippen LogP contribution >= 0.6 is 0 Å². The van der Waals surface area contributed by atoms with Crippen molar-refractivity contribution in [2.75, 3.05) is 0 Å². The highest BCUT2D eigenvalue weighted by Gasteiger charge is 2.57. The van der Waals surface area contributed by atoms with Crippen LogP contribution in [0, 0.1) is 0 Å². The van der Waals surface area contributed by atoms with Gasteiger partial charge >= 0.3 is 7.12 Å². The van der Waals surface area contributed by atoms with Crippen LogP contribution in [0.4, 0.5) is 0 Å². The van der Waals surface area contributed by atoms with Gasteiger partial charge in [-0.3, -0.25) is 0 Å². The fraction of sp³-hybridized carbons (Fsp3) is 0.357. The first-order chi connectivity index (χ1) is 14.9. The summed E-state index contributed by atoms with van der Waals surface area (Å²) in [5.74, 6) is 0.759. The van der Waals surface area contributed by atoms with E-state index in [0.29, 0.717) is 0 Å². The van der Waals surface area contributed by atoms with E-state index in [9.17, 15) is 0 Å². The van der Waals surface area contributed by atoms with Gasteiger partial charge in [-0.15, -0.1) is 0 Å². The molecule has 0 amide bonds. The van der Waals surface area contributed by atoms with Crippen LogP contribution in [-0.4, -0.2) is 18.3 Å². The second kappa shape index (κ2) is 7.65.